The van der Waals surface area contributed by atoms with Crippen LogP contribution in [-0.4, -0.2) is 54.9 Å². The molecule has 3 aromatic heterocycles. The second-order valence-electron chi connectivity index (χ2n) is 9.39. The minimum atomic E-state index is -4.43. The molecule has 1 amide bonds. The summed E-state index contributed by atoms with van der Waals surface area (Å²) in [5, 5.41) is 12.0. The van der Waals surface area contributed by atoms with E-state index in [9.17, 15) is 18.0 Å². The number of fused-ring (bicyclic) bond motifs is 1. The van der Waals surface area contributed by atoms with E-state index < -0.39 is 11.7 Å². The third-order valence-electron chi connectivity index (χ3n) is 6.83. The van der Waals surface area contributed by atoms with Crippen molar-refractivity contribution in [3.05, 3.63) is 58.8 Å². The Labute approximate surface area is 200 Å². The number of alkyl halides is 3. The van der Waals surface area contributed by atoms with E-state index in [1.165, 1.54) is 10.9 Å². The van der Waals surface area contributed by atoms with Crippen LogP contribution < -0.4 is 5.32 Å². The summed E-state index contributed by atoms with van der Waals surface area (Å²) >= 11 is 0. The van der Waals surface area contributed by atoms with Gasteiger partial charge in [0.05, 0.1) is 17.0 Å². The molecule has 1 saturated heterocycles. The predicted molar refractivity (Wildman–Crippen MR) is 122 cm³/mol. The maximum absolute atomic E-state index is 13.8. The molecule has 11 heteroatoms. The maximum Gasteiger partial charge on any atom is 0.417 e. The van der Waals surface area contributed by atoms with Gasteiger partial charge < -0.3 is 10.2 Å². The van der Waals surface area contributed by atoms with Gasteiger partial charge in [-0.25, -0.2) is 9.97 Å². The summed E-state index contributed by atoms with van der Waals surface area (Å²) in [5.74, 6) is 1.17. The molecule has 1 N–H and O–H groups in total. The molecule has 1 aliphatic carbocycles. The molecule has 5 rings (SSSR count). The van der Waals surface area contributed by atoms with Gasteiger partial charge in [0.15, 0.2) is 5.69 Å². The number of piperidine rings is 1. The number of likely N-dealkylation sites (tertiary alicyclic amines) is 1. The minimum Gasteiger partial charge on any atom is -0.368 e. The first-order chi connectivity index (χ1) is 16.6. The zero-order valence-electron chi connectivity index (χ0n) is 19.7. The molecular formula is C24H26F3N7O. The van der Waals surface area contributed by atoms with Crippen molar-refractivity contribution in [3.63, 3.8) is 0 Å². The molecule has 1 aliphatic heterocycles. The topological polar surface area (TPSA) is 88.8 Å². The van der Waals surface area contributed by atoms with Crippen LogP contribution in [0.5, 0.6) is 0 Å². The molecule has 0 bridgehead atoms. The van der Waals surface area contributed by atoms with Crippen molar-refractivity contribution in [1.82, 2.24) is 29.9 Å². The number of rotatable bonds is 5. The first-order valence-corrected chi connectivity index (χ1v) is 11.6. The molecule has 184 valence electrons. The number of hydrogen-bond acceptors (Lipinski definition) is 6. The van der Waals surface area contributed by atoms with E-state index in [2.05, 4.69) is 25.5 Å². The minimum absolute atomic E-state index is 0.139. The highest BCUT2D eigenvalue weighted by Gasteiger charge is 2.47. The number of nitrogens with zero attached hydrogens (tertiary/aromatic N) is 6. The van der Waals surface area contributed by atoms with Gasteiger partial charge in [0.1, 0.15) is 11.5 Å². The summed E-state index contributed by atoms with van der Waals surface area (Å²) in [6.07, 6.45) is -1.72. The van der Waals surface area contributed by atoms with Gasteiger partial charge in [0.2, 0.25) is 0 Å². The summed E-state index contributed by atoms with van der Waals surface area (Å²) < 4.78 is 38.5. The Morgan fingerprint density at radius 3 is 2.46 bits per heavy atom. The number of hydrogen-bond donors (Lipinski definition) is 1. The number of carbonyl (C=O) groups excluding carboxylic acids is 1. The zero-order chi connectivity index (χ0) is 24.9. The fourth-order valence-electron chi connectivity index (χ4n) is 4.59. The number of aromatic nitrogens is 5. The van der Waals surface area contributed by atoms with Crippen LogP contribution in [0.3, 0.4) is 0 Å². The smallest absolute Gasteiger partial charge is 0.368 e. The van der Waals surface area contributed by atoms with E-state index in [0.717, 1.165) is 36.5 Å². The fourth-order valence-corrected chi connectivity index (χ4v) is 4.59. The Kier molecular flexibility index (Phi) is 5.72. The quantitative estimate of drug-likeness (QED) is 0.589. The Balaban J connectivity index is 1.38. The lowest BCUT2D eigenvalue weighted by Crippen LogP contribution is -2.48. The third kappa shape index (κ3) is 4.71. The number of nitrogens with one attached hydrogen (secondary N) is 1. The van der Waals surface area contributed by atoms with Crippen LogP contribution in [0.1, 0.15) is 46.0 Å². The lowest BCUT2D eigenvalue weighted by Gasteiger charge is -2.35. The fraction of sp³-hybridized carbons (Fsp3) is 0.458. The van der Waals surface area contributed by atoms with Gasteiger partial charge >= 0.3 is 6.18 Å². The Hall–Kier alpha value is -3.50. The number of anilines is 1. The number of aryl methyl sites for hydroxylation is 3. The van der Waals surface area contributed by atoms with E-state index in [4.69, 9.17) is 0 Å². The van der Waals surface area contributed by atoms with Crippen LogP contribution in [-0.2, 0) is 6.18 Å². The molecule has 0 aromatic carbocycles. The normalized spacial score (nSPS) is 21.5. The summed E-state index contributed by atoms with van der Waals surface area (Å²) in [6.45, 7) is 6.55. The summed E-state index contributed by atoms with van der Waals surface area (Å²) in [4.78, 5) is 25.5. The molecular weight excluding hydrogens is 459 g/mol. The SMILES string of the molecule is Cc1ccc(-n2nc(C)c(C)n2)c(C(=O)N2C[C@@H]3C[C@@H]3CC2CNc2ccc(C(F)(F)F)cn2)n1. The molecule has 0 spiro atoms. The molecule has 2 fully saturated rings. The van der Waals surface area contributed by atoms with Crippen LogP contribution in [0.15, 0.2) is 30.5 Å². The molecule has 3 aromatic rings. The number of amides is 1. The Morgan fingerprint density at radius 2 is 1.80 bits per heavy atom. The van der Waals surface area contributed by atoms with E-state index in [0.29, 0.717) is 42.1 Å². The van der Waals surface area contributed by atoms with Gasteiger partial charge in [-0.05, 0) is 69.7 Å². The van der Waals surface area contributed by atoms with Crippen molar-refractivity contribution in [3.8, 4) is 5.69 Å². The standard InChI is InChI=1S/C24H26F3N7O/c1-13-4-6-20(34-31-14(2)15(3)32-34)22(30-13)23(35)33-12-17-8-16(17)9-19(33)11-29-21-7-5-18(10-28-21)24(25,26)27/h4-7,10,16-17,19H,8-9,11-12H2,1-3H3,(H,28,29)/t16-,17+,19?/m1/s1. The second-order valence-corrected chi connectivity index (χ2v) is 9.39. The lowest BCUT2D eigenvalue weighted by molar-refractivity contribution is -0.137. The molecule has 4 heterocycles. The number of halogens is 3. The first-order valence-electron chi connectivity index (χ1n) is 11.6. The molecule has 1 saturated carbocycles. The average molecular weight is 486 g/mol. The molecule has 2 aliphatic rings. The molecule has 1 unspecified atom stereocenters. The van der Waals surface area contributed by atoms with E-state index in [1.54, 1.807) is 6.07 Å². The van der Waals surface area contributed by atoms with Gasteiger partial charge in [-0.2, -0.15) is 23.4 Å². The largest absolute Gasteiger partial charge is 0.417 e. The summed E-state index contributed by atoms with van der Waals surface area (Å²) in [5.41, 5.74) is 2.27. The lowest BCUT2D eigenvalue weighted by atomic mass is 10.0. The van der Waals surface area contributed by atoms with E-state index in [-0.39, 0.29) is 17.6 Å². The average Bonchev–Trinajstić information content (AvgIpc) is 3.51. The van der Waals surface area contributed by atoms with Gasteiger partial charge in [-0.3, -0.25) is 4.79 Å². The van der Waals surface area contributed by atoms with Crippen molar-refractivity contribution in [1.29, 1.82) is 0 Å². The third-order valence-corrected chi connectivity index (χ3v) is 6.83. The Morgan fingerprint density at radius 1 is 1.06 bits per heavy atom. The van der Waals surface area contributed by atoms with Crippen molar-refractivity contribution in [2.45, 2.75) is 45.8 Å². The highest BCUT2D eigenvalue weighted by atomic mass is 19.4. The second kappa shape index (κ2) is 8.62. The van der Waals surface area contributed by atoms with Crippen molar-refractivity contribution >= 4 is 11.7 Å². The first kappa shape index (κ1) is 23.3. The van der Waals surface area contributed by atoms with Crippen LogP contribution in [0, 0.1) is 32.6 Å². The van der Waals surface area contributed by atoms with Crippen molar-refractivity contribution in [2.75, 3.05) is 18.4 Å². The van der Waals surface area contributed by atoms with E-state index >= 15 is 0 Å². The Bertz CT molecular complexity index is 1240. The number of carbonyl (C=O) groups is 1. The van der Waals surface area contributed by atoms with Crippen LogP contribution >= 0.6 is 0 Å². The van der Waals surface area contributed by atoms with Gasteiger partial charge in [-0.15, -0.1) is 4.80 Å². The summed E-state index contributed by atoms with van der Waals surface area (Å²) in [7, 11) is 0. The molecule has 8 nitrogen and oxygen atoms in total. The highest BCUT2D eigenvalue weighted by Crippen LogP contribution is 2.47. The van der Waals surface area contributed by atoms with Crippen LogP contribution in [0.4, 0.5) is 19.0 Å². The van der Waals surface area contributed by atoms with Crippen molar-refractivity contribution < 1.29 is 18.0 Å². The van der Waals surface area contributed by atoms with Crippen LogP contribution in [0.2, 0.25) is 0 Å². The molecule has 35 heavy (non-hydrogen) atoms. The molecule has 3 atom stereocenters. The monoisotopic (exact) mass is 485 g/mol. The number of pyridine rings is 2. The predicted octanol–water partition coefficient (Wildman–Crippen LogP) is 3.96. The highest BCUT2D eigenvalue weighted by molar-refractivity contribution is 5.96. The van der Waals surface area contributed by atoms with E-state index in [1.807, 2.05) is 31.7 Å². The maximum atomic E-state index is 13.8. The zero-order valence-corrected chi connectivity index (χ0v) is 19.7. The summed E-state index contributed by atoms with van der Waals surface area (Å²) in [6, 6.07) is 5.80. The van der Waals surface area contributed by atoms with Crippen LogP contribution in [0.25, 0.3) is 5.69 Å². The van der Waals surface area contributed by atoms with Crippen molar-refractivity contribution in [2.24, 2.45) is 11.8 Å². The van der Waals surface area contributed by atoms with Gasteiger partial charge in [0, 0.05) is 31.0 Å². The van der Waals surface area contributed by atoms with Gasteiger partial charge in [-0.1, -0.05) is 0 Å². The molecule has 0 radical (unpaired) electrons. The van der Waals surface area contributed by atoms with Gasteiger partial charge in [0.25, 0.3) is 5.91 Å².